The average Bonchev–Trinajstić information content (AvgIpc) is 2.93. The number of phenolic OH excluding ortho intramolecular Hbond substituents is 1. The van der Waals surface area contributed by atoms with Gasteiger partial charge in [-0.05, 0) is 18.9 Å². The van der Waals surface area contributed by atoms with Crippen molar-refractivity contribution in [2.45, 2.75) is 25.8 Å². The van der Waals surface area contributed by atoms with Gasteiger partial charge >= 0.3 is 0 Å². The molecule has 2 aromatic rings. The van der Waals surface area contributed by atoms with Gasteiger partial charge in [0.05, 0.1) is 22.4 Å². The molecule has 3 rings (SSSR count). The van der Waals surface area contributed by atoms with Gasteiger partial charge in [0.1, 0.15) is 17.8 Å². The Bertz CT molecular complexity index is 1050. The van der Waals surface area contributed by atoms with Gasteiger partial charge in [0.2, 0.25) is 0 Å². The molecule has 0 saturated heterocycles. The lowest BCUT2D eigenvalue weighted by Crippen LogP contribution is -2.25. The summed E-state index contributed by atoms with van der Waals surface area (Å²) in [5, 5.41) is 16.7. The Morgan fingerprint density at radius 3 is 2.64 bits per heavy atom. The Hall–Kier alpha value is -2.63. The van der Waals surface area contributed by atoms with Crippen LogP contribution >= 0.6 is 11.6 Å². The minimum Gasteiger partial charge on any atom is -0.507 e. The van der Waals surface area contributed by atoms with E-state index >= 15 is 0 Å². The number of Topliss-reactive ketones (excluding diaryl/α,β-unsaturated/α-hetero) is 1. The van der Waals surface area contributed by atoms with Gasteiger partial charge in [0.15, 0.2) is 5.78 Å². The number of hydrogen-bond donors (Lipinski definition) is 4. The predicted octanol–water partition coefficient (Wildman–Crippen LogP) is 1.50. The lowest BCUT2D eigenvalue weighted by atomic mass is 10.00. The van der Waals surface area contributed by atoms with E-state index in [9.17, 15) is 23.1 Å². The lowest BCUT2D eigenvalue weighted by molar-refractivity contribution is 0.0957. The highest BCUT2D eigenvalue weighted by atomic mass is 35.5. The van der Waals surface area contributed by atoms with Gasteiger partial charge in [0, 0.05) is 24.4 Å². The maximum atomic E-state index is 12.4. The van der Waals surface area contributed by atoms with Crippen LogP contribution < -0.4 is 11.2 Å². The van der Waals surface area contributed by atoms with Crippen LogP contribution in [0.2, 0.25) is 5.02 Å². The standard InChI is InChI=1S/C15H15ClN4O3.CH4O3S/c16-9-6-12(22)13-11(21)3-1-2-4-20-10(5-8(9)14(13)20)15(23)18-7-19-17;1-5(2,3)4/h5-7,22H,1-4,17H2,(H,18,19,23);1H3,(H,2,3,4). The average molecular weight is 431 g/mol. The number of halogens is 1. The lowest BCUT2D eigenvalue weighted by Gasteiger charge is -2.16. The molecule has 0 spiro atoms. The number of phenols is 1. The maximum absolute atomic E-state index is 12.4. The van der Waals surface area contributed by atoms with Crippen LogP contribution in [0.3, 0.4) is 0 Å². The van der Waals surface area contributed by atoms with Gasteiger partial charge in [-0.2, -0.15) is 13.5 Å². The third-order valence-electron chi connectivity index (χ3n) is 3.93. The second-order valence-corrected chi connectivity index (χ2v) is 7.93. The molecule has 1 aliphatic heterocycles. The quantitative estimate of drug-likeness (QED) is 0.184. The normalized spacial score (nSPS) is 14.3. The number of nitrogens with two attached hydrogens (primary N) is 1. The molecule has 12 heteroatoms. The Kier molecular flexibility index (Phi) is 6.65. The molecular formula is C16H19ClN4O6S. The molecule has 2 heterocycles. The number of ketones is 1. The summed E-state index contributed by atoms with van der Waals surface area (Å²) in [5.74, 6) is 4.26. The second kappa shape index (κ2) is 8.59. The van der Waals surface area contributed by atoms with Gasteiger partial charge in [-0.15, -0.1) is 0 Å². The zero-order chi connectivity index (χ0) is 21.1. The van der Waals surface area contributed by atoms with Crippen molar-refractivity contribution >= 4 is 50.7 Å². The minimum atomic E-state index is -3.67. The Morgan fingerprint density at radius 2 is 2.04 bits per heavy atom. The van der Waals surface area contributed by atoms with Gasteiger partial charge in [-0.25, -0.2) is 0 Å². The fourth-order valence-electron chi connectivity index (χ4n) is 2.94. The number of aromatic nitrogens is 1. The Morgan fingerprint density at radius 1 is 1.39 bits per heavy atom. The van der Waals surface area contributed by atoms with E-state index in [4.69, 9.17) is 22.0 Å². The first kappa shape index (κ1) is 21.7. The number of carbonyl (C=O) groups is 2. The van der Waals surface area contributed by atoms with Crippen molar-refractivity contribution in [1.29, 1.82) is 0 Å². The number of hydrazone groups is 1. The number of aromatic hydroxyl groups is 1. The smallest absolute Gasteiger partial charge is 0.273 e. The molecule has 1 amide bonds. The number of nitrogens with one attached hydrogen (secondary N) is 1. The highest BCUT2D eigenvalue weighted by Crippen LogP contribution is 2.37. The largest absolute Gasteiger partial charge is 0.507 e. The van der Waals surface area contributed by atoms with Gasteiger partial charge < -0.3 is 20.8 Å². The molecule has 0 atom stereocenters. The van der Waals surface area contributed by atoms with Crippen molar-refractivity contribution in [1.82, 2.24) is 9.88 Å². The number of benzene rings is 1. The van der Waals surface area contributed by atoms with Crippen molar-refractivity contribution in [3.63, 3.8) is 0 Å². The van der Waals surface area contributed by atoms with Crippen molar-refractivity contribution in [3.05, 3.63) is 28.4 Å². The molecule has 5 N–H and O–H groups in total. The molecular weight excluding hydrogens is 412 g/mol. The summed E-state index contributed by atoms with van der Waals surface area (Å²) < 4.78 is 27.6. The number of nitrogens with zero attached hydrogens (tertiary/aromatic N) is 2. The number of rotatable bonds is 2. The van der Waals surface area contributed by atoms with Crippen LogP contribution in [-0.2, 0) is 16.7 Å². The van der Waals surface area contributed by atoms with E-state index in [-0.39, 0.29) is 22.1 Å². The second-order valence-electron chi connectivity index (χ2n) is 6.06. The summed E-state index contributed by atoms with van der Waals surface area (Å²) >= 11 is 6.19. The monoisotopic (exact) mass is 430 g/mol. The maximum Gasteiger partial charge on any atom is 0.273 e. The molecule has 0 radical (unpaired) electrons. The first-order valence-electron chi connectivity index (χ1n) is 8.07. The van der Waals surface area contributed by atoms with Crippen molar-refractivity contribution < 1.29 is 27.7 Å². The molecule has 0 saturated carbocycles. The molecule has 0 aliphatic carbocycles. The van der Waals surface area contributed by atoms with E-state index in [1.807, 2.05) is 0 Å². The summed E-state index contributed by atoms with van der Waals surface area (Å²) in [6, 6.07) is 2.95. The van der Waals surface area contributed by atoms with E-state index in [1.54, 1.807) is 10.6 Å². The first-order chi connectivity index (χ1) is 13.0. The highest BCUT2D eigenvalue weighted by Gasteiger charge is 2.26. The zero-order valence-electron chi connectivity index (χ0n) is 14.8. The van der Waals surface area contributed by atoms with Gasteiger partial charge in [-0.1, -0.05) is 11.6 Å². The minimum absolute atomic E-state index is 0.154. The molecule has 1 aliphatic rings. The van der Waals surface area contributed by atoms with Crippen LogP contribution in [0.5, 0.6) is 5.75 Å². The van der Waals surface area contributed by atoms with Crippen LogP contribution in [0.25, 0.3) is 10.9 Å². The van der Waals surface area contributed by atoms with E-state index in [1.165, 1.54) is 6.07 Å². The number of amides is 1. The van der Waals surface area contributed by atoms with E-state index < -0.39 is 16.0 Å². The number of hydrogen-bond acceptors (Lipinski definition) is 7. The fourth-order valence-corrected chi connectivity index (χ4v) is 3.18. The summed E-state index contributed by atoms with van der Waals surface area (Å²) in [6.45, 7) is 0.548. The molecule has 0 fully saturated rings. The predicted molar refractivity (Wildman–Crippen MR) is 104 cm³/mol. The third kappa shape index (κ3) is 5.00. The fraction of sp³-hybridized carbons (Fsp3) is 0.312. The summed E-state index contributed by atoms with van der Waals surface area (Å²) in [7, 11) is -3.67. The Labute approximate surface area is 165 Å². The van der Waals surface area contributed by atoms with Crippen molar-refractivity contribution in [2.24, 2.45) is 10.9 Å². The molecule has 0 unspecified atom stereocenters. The Balaban J connectivity index is 0.000000500. The molecule has 1 aromatic heterocycles. The third-order valence-corrected chi connectivity index (χ3v) is 4.24. The molecule has 1 aromatic carbocycles. The summed E-state index contributed by atoms with van der Waals surface area (Å²) in [6.07, 6.45) is 3.59. The van der Waals surface area contributed by atoms with E-state index in [0.29, 0.717) is 42.2 Å². The van der Waals surface area contributed by atoms with E-state index in [2.05, 4.69) is 10.4 Å². The topological polar surface area (TPSA) is 164 Å². The number of carbonyl (C=O) groups excluding carboxylic acids is 2. The van der Waals surface area contributed by atoms with Crippen molar-refractivity contribution in [2.75, 3.05) is 6.26 Å². The SMILES string of the molecule is CS(=O)(=O)O.NN=CNC(=O)c1cc2c(Cl)cc(O)c3c2n1CCCCC3=O. The van der Waals surface area contributed by atoms with Crippen LogP contribution in [0, 0.1) is 0 Å². The van der Waals surface area contributed by atoms with Crippen LogP contribution in [0.4, 0.5) is 0 Å². The van der Waals surface area contributed by atoms with Crippen LogP contribution in [0.1, 0.15) is 40.1 Å². The van der Waals surface area contributed by atoms with Crippen LogP contribution in [-0.4, -0.2) is 46.9 Å². The first-order valence-corrected chi connectivity index (χ1v) is 10.3. The van der Waals surface area contributed by atoms with Gasteiger partial charge in [0.25, 0.3) is 16.0 Å². The molecule has 152 valence electrons. The summed E-state index contributed by atoms with van der Waals surface area (Å²) in [5.41, 5.74) is 1.05. The highest BCUT2D eigenvalue weighted by molar-refractivity contribution is 7.85. The van der Waals surface area contributed by atoms with Crippen LogP contribution in [0.15, 0.2) is 17.2 Å². The number of aryl methyl sites for hydroxylation is 1. The molecule has 28 heavy (non-hydrogen) atoms. The molecule has 10 nitrogen and oxygen atoms in total. The van der Waals surface area contributed by atoms with Crippen molar-refractivity contribution in [3.8, 4) is 5.75 Å². The zero-order valence-corrected chi connectivity index (χ0v) is 16.4. The molecule has 0 bridgehead atoms. The van der Waals surface area contributed by atoms with E-state index in [0.717, 1.165) is 12.8 Å². The summed E-state index contributed by atoms with van der Waals surface area (Å²) in [4.78, 5) is 24.7. The van der Waals surface area contributed by atoms with Gasteiger partial charge in [-0.3, -0.25) is 14.1 Å².